The molecule has 12 heteroatoms. The number of nitrogens with one attached hydrogen (secondary N) is 5. The Morgan fingerprint density at radius 1 is 1.03 bits per heavy atom. The third-order valence-corrected chi connectivity index (χ3v) is 5.38. The summed E-state index contributed by atoms with van der Waals surface area (Å²) in [4.78, 5) is 49.5. The maximum Gasteiger partial charge on any atom is 0.243 e. The van der Waals surface area contributed by atoms with Crippen LogP contribution in [0.25, 0.3) is 0 Å². The van der Waals surface area contributed by atoms with Gasteiger partial charge < -0.3 is 37.8 Å². The Morgan fingerprint density at radius 2 is 1.65 bits per heavy atom. The first-order valence-electron chi connectivity index (χ1n) is 11.6. The zero-order chi connectivity index (χ0) is 26.4. The minimum atomic E-state index is -1.24. The standard InChI is InChI=1S/C22H42N7O5/c1-6-13(4)18(21(34)28-17(11-30)14(5)31)29-20(33)16(8-7-9-26-22(24)25)27-19(32)15(23)10-12(2)3/h12-18,31H,6-10,23H2,1-5H3,(H,27,32)(H,28,34)(H,29,33)(H4,24,25,26)/t13-,14-,15-,16+,17+,18-/m0/s1. The van der Waals surface area contributed by atoms with Crippen molar-refractivity contribution in [1.82, 2.24) is 21.3 Å². The van der Waals surface area contributed by atoms with Crippen molar-refractivity contribution in [1.29, 1.82) is 5.41 Å². The third kappa shape index (κ3) is 11.9. The van der Waals surface area contributed by atoms with E-state index in [2.05, 4.69) is 21.3 Å². The topological polar surface area (TPSA) is 213 Å². The van der Waals surface area contributed by atoms with Crippen LogP contribution >= 0.6 is 0 Å². The van der Waals surface area contributed by atoms with E-state index in [0.29, 0.717) is 25.8 Å². The highest BCUT2D eigenvalue weighted by molar-refractivity contribution is 5.93. The molecule has 34 heavy (non-hydrogen) atoms. The number of carbonyl (C=O) groups is 3. The summed E-state index contributed by atoms with van der Waals surface area (Å²) in [6, 6.07) is -4.03. The molecule has 12 nitrogen and oxygen atoms in total. The molecular formula is C22H42N7O5. The lowest BCUT2D eigenvalue weighted by Gasteiger charge is -2.28. The van der Waals surface area contributed by atoms with E-state index in [0.717, 1.165) is 0 Å². The lowest BCUT2D eigenvalue weighted by molar-refractivity contribution is -0.133. The van der Waals surface area contributed by atoms with Gasteiger partial charge in [0.05, 0.1) is 12.1 Å². The highest BCUT2D eigenvalue weighted by atomic mass is 16.3. The zero-order valence-electron chi connectivity index (χ0n) is 20.8. The van der Waals surface area contributed by atoms with E-state index < -0.39 is 48.0 Å². The van der Waals surface area contributed by atoms with E-state index in [1.807, 2.05) is 20.8 Å². The van der Waals surface area contributed by atoms with Crippen molar-refractivity contribution in [3.05, 3.63) is 0 Å². The second-order valence-electron chi connectivity index (χ2n) is 9.00. The van der Waals surface area contributed by atoms with Crippen LogP contribution in [0.3, 0.4) is 0 Å². The largest absolute Gasteiger partial charge is 0.391 e. The number of nitrogens with two attached hydrogens (primary N) is 2. The van der Waals surface area contributed by atoms with E-state index in [-0.39, 0.29) is 24.2 Å². The number of guanidine groups is 1. The number of aliphatic hydroxyl groups is 1. The van der Waals surface area contributed by atoms with Gasteiger partial charge in [-0.15, -0.1) is 0 Å². The summed E-state index contributed by atoms with van der Waals surface area (Å²) in [6.45, 7) is 9.11. The summed E-state index contributed by atoms with van der Waals surface area (Å²) in [6.07, 6.45) is 2.01. The van der Waals surface area contributed by atoms with Crippen LogP contribution < -0.4 is 32.7 Å². The molecular weight excluding hydrogens is 442 g/mol. The van der Waals surface area contributed by atoms with Gasteiger partial charge in [-0.2, -0.15) is 0 Å². The SMILES string of the molecule is CC[C@H](C)[C@H](NC(=O)[C@@H](CCCNC(=N)N)NC(=O)[C@@H](N)CC(C)C)C(=O)N[C@H]([C]=O)[C@H](C)O. The van der Waals surface area contributed by atoms with Gasteiger partial charge in [-0.05, 0) is 38.0 Å². The van der Waals surface area contributed by atoms with Crippen molar-refractivity contribution in [2.45, 2.75) is 90.6 Å². The molecule has 6 atom stereocenters. The van der Waals surface area contributed by atoms with E-state index in [1.165, 1.54) is 6.92 Å². The molecule has 0 heterocycles. The number of hydrogen-bond acceptors (Lipinski definition) is 7. The zero-order valence-corrected chi connectivity index (χ0v) is 20.8. The van der Waals surface area contributed by atoms with Crippen molar-refractivity contribution in [2.24, 2.45) is 23.3 Å². The molecule has 0 aromatic heterocycles. The summed E-state index contributed by atoms with van der Waals surface area (Å²) < 4.78 is 0. The predicted octanol–water partition coefficient (Wildman–Crippen LogP) is -1.39. The molecule has 0 saturated heterocycles. The summed E-state index contributed by atoms with van der Waals surface area (Å²) in [5.41, 5.74) is 11.2. The van der Waals surface area contributed by atoms with Crippen LogP contribution in [-0.4, -0.2) is 71.9 Å². The van der Waals surface area contributed by atoms with Crippen LogP contribution in [0.5, 0.6) is 0 Å². The fourth-order valence-electron chi connectivity index (χ4n) is 3.14. The van der Waals surface area contributed by atoms with Gasteiger partial charge in [-0.25, -0.2) is 0 Å². The molecule has 195 valence electrons. The quantitative estimate of drug-likeness (QED) is 0.0740. The van der Waals surface area contributed by atoms with E-state index >= 15 is 0 Å². The van der Waals surface area contributed by atoms with Gasteiger partial charge in [-0.1, -0.05) is 34.1 Å². The van der Waals surface area contributed by atoms with Crippen molar-refractivity contribution >= 4 is 30.0 Å². The average Bonchev–Trinajstić information content (AvgIpc) is 2.75. The van der Waals surface area contributed by atoms with Gasteiger partial charge in [0.15, 0.2) is 5.96 Å². The minimum Gasteiger partial charge on any atom is -0.391 e. The molecule has 0 aliphatic heterocycles. The van der Waals surface area contributed by atoms with Gasteiger partial charge in [-0.3, -0.25) is 24.6 Å². The van der Waals surface area contributed by atoms with Crippen molar-refractivity contribution < 1.29 is 24.3 Å². The highest BCUT2D eigenvalue weighted by Gasteiger charge is 2.32. The first-order valence-corrected chi connectivity index (χ1v) is 11.6. The second-order valence-corrected chi connectivity index (χ2v) is 9.00. The molecule has 10 N–H and O–H groups in total. The van der Waals surface area contributed by atoms with Gasteiger partial charge in [0.25, 0.3) is 0 Å². The Bertz CT molecular complexity index is 687. The summed E-state index contributed by atoms with van der Waals surface area (Å²) >= 11 is 0. The molecule has 0 aromatic rings. The number of carbonyl (C=O) groups excluding carboxylic acids is 4. The molecule has 1 radical (unpaired) electrons. The van der Waals surface area contributed by atoms with Crippen molar-refractivity contribution in [2.75, 3.05) is 6.54 Å². The lowest BCUT2D eigenvalue weighted by Crippen LogP contribution is -2.59. The molecule has 0 aromatic carbocycles. The first kappa shape index (κ1) is 31.3. The first-order chi connectivity index (χ1) is 15.8. The molecule has 0 aliphatic rings. The summed E-state index contributed by atoms with van der Waals surface area (Å²) in [7, 11) is 0. The van der Waals surface area contributed by atoms with Crippen LogP contribution in [0.4, 0.5) is 0 Å². The Balaban J connectivity index is 5.53. The van der Waals surface area contributed by atoms with Crippen molar-refractivity contribution in [3.63, 3.8) is 0 Å². The van der Waals surface area contributed by atoms with Gasteiger partial charge in [0, 0.05) is 6.54 Å². The smallest absolute Gasteiger partial charge is 0.243 e. The monoisotopic (exact) mass is 484 g/mol. The summed E-state index contributed by atoms with van der Waals surface area (Å²) in [5.74, 6) is -2.04. The number of hydrogen-bond donors (Lipinski definition) is 8. The third-order valence-electron chi connectivity index (χ3n) is 5.38. The van der Waals surface area contributed by atoms with Gasteiger partial charge in [0.2, 0.25) is 24.0 Å². The van der Waals surface area contributed by atoms with Crippen LogP contribution in [0.2, 0.25) is 0 Å². The van der Waals surface area contributed by atoms with E-state index in [9.17, 15) is 24.3 Å². The normalized spacial score (nSPS) is 16.4. The maximum absolute atomic E-state index is 13.1. The fourth-order valence-corrected chi connectivity index (χ4v) is 3.14. The van der Waals surface area contributed by atoms with Crippen LogP contribution in [0.1, 0.15) is 60.3 Å². The molecule has 0 fully saturated rings. The molecule has 0 saturated carbocycles. The molecule has 0 rings (SSSR count). The Labute approximate surface area is 201 Å². The molecule has 3 amide bonds. The average molecular weight is 485 g/mol. The number of aliphatic hydroxyl groups excluding tert-OH is 1. The van der Waals surface area contributed by atoms with E-state index in [1.54, 1.807) is 13.2 Å². The maximum atomic E-state index is 13.1. The molecule has 0 unspecified atom stereocenters. The number of rotatable bonds is 16. The summed E-state index contributed by atoms with van der Waals surface area (Å²) in [5, 5.41) is 27.2. The van der Waals surface area contributed by atoms with Gasteiger partial charge >= 0.3 is 0 Å². The minimum absolute atomic E-state index is 0.183. The van der Waals surface area contributed by atoms with E-state index in [4.69, 9.17) is 16.9 Å². The second kappa shape index (κ2) is 16.0. The molecule has 0 spiro atoms. The Hall–Kier alpha value is -2.73. The number of amides is 3. The predicted molar refractivity (Wildman–Crippen MR) is 129 cm³/mol. The highest BCUT2D eigenvalue weighted by Crippen LogP contribution is 2.11. The van der Waals surface area contributed by atoms with Crippen molar-refractivity contribution in [3.8, 4) is 0 Å². The van der Waals surface area contributed by atoms with Gasteiger partial charge in [0.1, 0.15) is 18.1 Å². The Kier molecular flexibility index (Phi) is 14.7. The fraction of sp³-hybridized carbons (Fsp3) is 0.773. The lowest BCUT2D eigenvalue weighted by atomic mass is 9.96. The van der Waals surface area contributed by atoms with Crippen LogP contribution in [0.15, 0.2) is 0 Å². The van der Waals surface area contributed by atoms with Crippen LogP contribution in [0, 0.1) is 17.2 Å². The molecule has 0 bridgehead atoms. The van der Waals surface area contributed by atoms with Crippen LogP contribution in [-0.2, 0) is 19.2 Å². The molecule has 0 aliphatic carbocycles. The Morgan fingerprint density at radius 3 is 2.12 bits per heavy atom.